The highest BCUT2D eigenvalue weighted by molar-refractivity contribution is 6.04. The summed E-state index contributed by atoms with van der Waals surface area (Å²) in [6, 6.07) is 10.4. The highest BCUT2D eigenvalue weighted by Crippen LogP contribution is 2.28. The summed E-state index contributed by atoms with van der Waals surface area (Å²) in [7, 11) is 4.17. The maximum Gasteiger partial charge on any atom is 0.261 e. The van der Waals surface area contributed by atoms with Crippen LogP contribution in [-0.2, 0) is 11.3 Å². The molecular weight excluding hydrogens is 432 g/mol. The van der Waals surface area contributed by atoms with Gasteiger partial charge in [-0.15, -0.1) is 0 Å². The molecule has 0 saturated carbocycles. The fourth-order valence-corrected chi connectivity index (χ4v) is 4.68. The maximum absolute atomic E-state index is 12.7. The molecule has 192 valence electrons. The van der Waals surface area contributed by atoms with Crippen LogP contribution in [0.2, 0.25) is 0 Å². The molecule has 2 aromatic rings. The van der Waals surface area contributed by atoms with Gasteiger partial charge < -0.3 is 14.8 Å². The van der Waals surface area contributed by atoms with Crippen LogP contribution >= 0.6 is 0 Å². The van der Waals surface area contributed by atoms with Gasteiger partial charge >= 0.3 is 0 Å². The number of para-hydroxylation sites is 1. The Morgan fingerprint density at radius 2 is 1.63 bits per heavy atom. The topological polar surface area (TPSA) is 61.1 Å². The number of hydrogen-bond donors (Lipinski definition) is 1. The molecule has 0 unspecified atom stereocenters. The van der Waals surface area contributed by atoms with E-state index in [1.54, 1.807) is 6.08 Å². The minimum atomic E-state index is -0.271. The molecule has 1 amide bonds. The average Bonchev–Trinajstić information content (AvgIpc) is 3.11. The molecule has 35 heavy (non-hydrogen) atoms. The van der Waals surface area contributed by atoms with Crippen molar-refractivity contribution in [3.8, 4) is 6.07 Å². The SMILES string of the molecule is CCCCCCCCCCCCNC(=O)/C(C#N)=C/c1c(C)n(CCCN(C)C)c2ccccc12. The number of carbonyl (C=O) groups is 1. The van der Waals surface area contributed by atoms with Gasteiger partial charge in [-0.25, -0.2) is 0 Å². The van der Waals surface area contributed by atoms with Crippen molar-refractivity contribution in [2.75, 3.05) is 27.2 Å². The Hall–Kier alpha value is -2.58. The average molecular weight is 479 g/mol. The molecule has 0 spiro atoms. The van der Waals surface area contributed by atoms with Crippen LogP contribution in [0.3, 0.4) is 0 Å². The first-order valence-corrected chi connectivity index (χ1v) is 13.6. The van der Waals surface area contributed by atoms with E-state index in [1.807, 2.05) is 12.1 Å². The first kappa shape index (κ1) is 28.7. The number of carbonyl (C=O) groups excluding carboxylic acids is 1. The normalized spacial score (nSPS) is 11.8. The Kier molecular flexibility index (Phi) is 13.2. The van der Waals surface area contributed by atoms with E-state index < -0.39 is 0 Å². The van der Waals surface area contributed by atoms with Crippen molar-refractivity contribution in [1.29, 1.82) is 5.26 Å². The molecule has 5 heteroatoms. The Balaban J connectivity index is 1.90. The Morgan fingerprint density at radius 3 is 2.26 bits per heavy atom. The van der Waals surface area contributed by atoms with Gasteiger partial charge in [0.05, 0.1) is 0 Å². The summed E-state index contributed by atoms with van der Waals surface area (Å²) in [5.41, 5.74) is 3.39. The molecule has 0 saturated heterocycles. The fourth-order valence-electron chi connectivity index (χ4n) is 4.68. The van der Waals surface area contributed by atoms with Crippen LogP contribution in [0.5, 0.6) is 0 Å². The lowest BCUT2D eigenvalue weighted by atomic mass is 10.1. The molecule has 0 atom stereocenters. The zero-order valence-electron chi connectivity index (χ0n) is 22.5. The highest BCUT2D eigenvalue weighted by Gasteiger charge is 2.15. The number of unbranched alkanes of at least 4 members (excludes halogenated alkanes) is 9. The monoisotopic (exact) mass is 478 g/mol. The molecule has 0 radical (unpaired) electrons. The molecule has 1 heterocycles. The third-order valence-electron chi connectivity index (χ3n) is 6.74. The lowest BCUT2D eigenvalue weighted by molar-refractivity contribution is -0.117. The second kappa shape index (κ2) is 16.2. The molecule has 0 fully saturated rings. The molecule has 1 aromatic heterocycles. The van der Waals surface area contributed by atoms with Crippen LogP contribution in [0.25, 0.3) is 17.0 Å². The highest BCUT2D eigenvalue weighted by atomic mass is 16.1. The van der Waals surface area contributed by atoms with Crippen molar-refractivity contribution < 1.29 is 4.79 Å². The van der Waals surface area contributed by atoms with Gasteiger partial charge in [0.2, 0.25) is 0 Å². The number of nitriles is 1. The number of fused-ring (bicyclic) bond motifs is 1. The molecule has 1 aromatic carbocycles. The van der Waals surface area contributed by atoms with E-state index in [0.717, 1.165) is 54.5 Å². The van der Waals surface area contributed by atoms with Crippen molar-refractivity contribution in [2.45, 2.75) is 91.0 Å². The number of amides is 1. The van der Waals surface area contributed by atoms with Gasteiger partial charge in [-0.1, -0.05) is 82.9 Å². The third-order valence-corrected chi connectivity index (χ3v) is 6.74. The predicted molar refractivity (Wildman–Crippen MR) is 148 cm³/mol. The molecule has 5 nitrogen and oxygen atoms in total. The summed E-state index contributed by atoms with van der Waals surface area (Å²) in [5.74, 6) is -0.271. The first-order chi connectivity index (χ1) is 17.0. The Bertz CT molecular complexity index is 980. The molecular formula is C30H46N4O. The van der Waals surface area contributed by atoms with Crippen molar-refractivity contribution in [1.82, 2.24) is 14.8 Å². The van der Waals surface area contributed by atoms with Crippen LogP contribution in [0.1, 0.15) is 88.8 Å². The van der Waals surface area contributed by atoms with Gasteiger partial charge in [0.1, 0.15) is 11.6 Å². The number of nitrogens with one attached hydrogen (secondary N) is 1. The first-order valence-electron chi connectivity index (χ1n) is 13.6. The fraction of sp³-hybridized carbons (Fsp3) is 0.600. The second-order valence-corrected chi connectivity index (χ2v) is 9.93. The van der Waals surface area contributed by atoms with Crippen molar-refractivity contribution in [2.24, 2.45) is 0 Å². The summed E-state index contributed by atoms with van der Waals surface area (Å²) in [6.07, 6.45) is 15.5. The maximum atomic E-state index is 12.7. The number of benzene rings is 1. The summed E-state index contributed by atoms with van der Waals surface area (Å²) >= 11 is 0. The van der Waals surface area contributed by atoms with Gasteiger partial charge in [-0.2, -0.15) is 5.26 Å². The molecule has 1 N–H and O–H groups in total. The smallest absolute Gasteiger partial charge is 0.261 e. The van der Waals surface area contributed by atoms with Crippen LogP contribution in [0, 0.1) is 18.3 Å². The number of rotatable bonds is 17. The molecule has 0 aliphatic heterocycles. The van der Waals surface area contributed by atoms with Crippen LogP contribution in [0.4, 0.5) is 0 Å². The molecule has 0 bridgehead atoms. The molecule has 2 rings (SSSR count). The minimum Gasteiger partial charge on any atom is -0.351 e. The van der Waals surface area contributed by atoms with E-state index in [-0.39, 0.29) is 11.5 Å². The van der Waals surface area contributed by atoms with Gasteiger partial charge in [0, 0.05) is 35.2 Å². The van der Waals surface area contributed by atoms with E-state index in [2.05, 4.69) is 60.9 Å². The standard InChI is InChI=1S/C30H46N4O/c1-5-6-7-8-9-10-11-12-13-16-20-32-30(35)26(24-31)23-28-25(2)34(22-17-21-33(3)4)29-19-15-14-18-27(28)29/h14-15,18-19,23H,5-13,16-17,20-22H2,1-4H3,(H,32,35)/b26-23+. The van der Waals surface area contributed by atoms with Crippen LogP contribution < -0.4 is 5.32 Å². The van der Waals surface area contributed by atoms with E-state index in [0.29, 0.717) is 6.54 Å². The quantitative estimate of drug-likeness (QED) is 0.154. The largest absolute Gasteiger partial charge is 0.351 e. The second-order valence-electron chi connectivity index (χ2n) is 9.93. The number of nitrogens with zero attached hydrogens (tertiary/aromatic N) is 3. The van der Waals surface area contributed by atoms with Crippen molar-refractivity contribution in [3.63, 3.8) is 0 Å². The Labute approximate surface area is 213 Å². The summed E-state index contributed by atoms with van der Waals surface area (Å²) in [5, 5.41) is 13.8. The van der Waals surface area contributed by atoms with Crippen LogP contribution in [0.15, 0.2) is 29.8 Å². The minimum absolute atomic E-state index is 0.177. The number of aromatic nitrogens is 1. The summed E-state index contributed by atoms with van der Waals surface area (Å²) in [6.45, 7) is 6.88. The predicted octanol–water partition coefficient (Wildman–Crippen LogP) is 6.85. The van der Waals surface area contributed by atoms with Crippen molar-refractivity contribution in [3.05, 3.63) is 41.1 Å². The van der Waals surface area contributed by atoms with Gasteiger partial charge in [0.15, 0.2) is 0 Å². The van der Waals surface area contributed by atoms with Crippen LogP contribution in [-0.4, -0.2) is 42.6 Å². The van der Waals surface area contributed by atoms with Gasteiger partial charge in [-0.3, -0.25) is 4.79 Å². The summed E-state index contributed by atoms with van der Waals surface area (Å²) in [4.78, 5) is 14.9. The Morgan fingerprint density at radius 1 is 1.00 bits per heavy atom. The lowest BCUT2D eigenvalue weighted by Crippen LogP contribution is -2.25. The molecule has 0 aliphatic rings. The third kappa shape index (κ3) is 9.53. The number of aryl methyl sites for hydroxylation is 1. The van der Waals surface area contributed by atoms with E-state index >= 15 is 0 Å². The zero-order chi connectivity index (χ0) is 25.5. The zero-order valence-corrected chi connectivity index (χ0v) is 22.5. The number of hydrogen-bond acceptors (Lipinski definition) is 3. The molecule has 0 aliphatic carbocycles. The van der Waals surface area contributed by atoms with Gasteiger partial charge in [-0.05, 0) is 52.5 Å². The summed E-state index contributed by atoms with van der Waals surface area (Å²) < 4.78 is 2.31. The van der Waals surface area contributed by atoms with E-state index in [4.69, 9.17) is 0 Å². The van der Waals surface area contributed by atoms with Gasteiger partial charge in [0.25, 0.3) is 5.91 Å². The van der Waals surface area contributed by atoms with Crippen molar-refractivity contribution >= 4 is 22.9 Å². The lowest BCUT2D eigenvalue weighted by Gasteiger charge is -2.12. The van der Waals surface area contributed by atoms with E-state index in [1.165, 1.54) is 51.4 Å². The van der Waals surface area contributed by atoms with E-state index in [9.17, 15) is 10.1 Å².